The van der Waals surface area contributed by atoms with E-state index in [4.69, 9.17) is 0 Å². The molecule has 0 unspecified atom stereocenters. The maximum absolute atomic E-state index is 4.08. The molecule has 1 aliphatic rings. The largest absolute Gasteiger partial charge is 0.143 e. The highest BCUT2D eigenvalue weighted by Gasteiger charge is 2.06. The minimum absolute atomic E-state index is 1.02. The normalized spacial score (nSPS) is 11.8. The molecule has 0 nitrogen and oxygen atoms in total. The van der Waals surface area contributed by atoms with Gasteiger partial charge in [-0.3, -0.25) is 0 Å². The Morgan fingerprint density at radius 1 is 0.750 bits per heavy atom. The fourth-order valence-electron chi connectivity index (χ4n) is 2.50. The van der Waals surface area contributed by atoms with Crippen LogP contribution in [0.1, 0.15) is 11.1 Å². The first-order chi connectivity index (χ1) is 9.84. The van der Waals surface area contributed by atoms with Gasteiger partial charge in [-0.2, -0.15) is 0 Å². The summed E-state index contributed by atoms with van der Waals surface area (Å²) in [5.41, 5.74) is 2.81. The third-order valence-electron chi connectivity index (χ3n) is 3.41. The van der Waals surface area contributed by atoms with Gasteiger partial charge in [-0.15, -0.1) is 12.6 Å². The van der Waals surface area contributed by atoms with Gasteiger partial charge in [0.15, 0.2) is 0 Å². The second-order valence-corrected chi connectivity index (χ2v) is 5.32. The van der Waals surface area contributed by atoms with Crippen molar-refractivity contribution in [2.45, 2.75) is 11.3 Å². The zero-order chi connectivity index (χ0) is 13.8. The van der Waals surface area contributed by atoms with Gasteiger partial charge in [0.1, 0.15) is 0 Å². The van der Waals surface area contributed by atoms with E-state index < -0.39 is 0 Å². The van der Waals surface area contributed by atoms with Crippen molar-refractivity contribution in [3.8, 4) is 0 Å². The Morgan fingerprint density at radius 2 is 1.50 bits per heavy atom. The molecule has 0 atom stereocenters. The molecule has 0 saturated carbocycles. The van der Waals surface area contributed by atoms with Crippen LogP contribution in [0.5, 0.6) is 0 Å². The standard InChI is InChI=1S/C13H10.C6H6S/c1-4-10-6-2-8-12-9-3-7-11(5-1)13(10)12;7-6-4-2-1-3-5-6/h1-8H,9H2;1-5,7H. The van der Waals surface area contributed by atoms with Crippen LogP contribution in [0.2, 0.25) is 0 Å². The average Bonchev–Trinajstić information content (AvgIpc) is 2.50. The van der Waals surface area contributed by atoms with Crippen LogP contribution >= 0.6 is 12.6 Å². The molecule has 4 rings (SSSR count). The monoisotopic (exact) mass is 276 g/mol. The van der Waals surface area contributed by atoms with E-state index >= 15 is 0 Å². The summed E-state index contributed by atoms with van der Waals surface area (Å²) in [6.07, 6.45) is 5.53. The quantitative estimate of drug-likeness (QED) is 0.523. The van der Waals surface area contributed by atoms with Gasteiger partial charge in [0.25, 0.3) is 0 Å². The van der Waals surface area contributed by atoms with Crippen molar-refractivity contribution in [2.24, 2.45) is 0 Å². The Hall–Kier alpha value is -1.99. The van der Waals surface area contributed by atoms with Crippen LogP contribution < -0.4 is 0 Å². The first-order valence-electron chi connectivity index (χ1n) is 6.76. The van der Waals surface area contributed by atoms with Crippen molar-refractivity contribution < 1.29 is 0 Å². The molecule has 0 radical (unpaired) electrons. The molecule has 0 amide bonds. The number of hydrogen-bond acceptors (Lipinski definition) is 1. The lowest BCUT2D eigenvalue weighted by atomic mass is 9.93. The van der Waals surface area contributed by atoms with Gasteiger partial charge in [0.2, 0.25) is 0 Å². The molecule has 3 aromatic carbocycles. The molecule has 0 bridgehead atoms. The third kappa shape index (κ3) is 2.78. The molecular formula is C19H16S. The van der Waals surface area contributed by atoms with Crippen LogP contribution in [0, 0.1) is 0 Å². The number of rotatable bonds is 0. The van der Waals surface area contributed by atoms with E-state index in [1.807, 2.05) is 30.3 Å². The predicted molar refractivity (Wildman–Crippen MR) is 90.4 cm³/mol. The summed E-state index contributed by atoms with van der Waals surface area (Å²) in [5.74, 6) is 0. The highest BCUT2D eigenvalue weighted by Crippen LogP contribution is 2.27. The molecule has 1 aliphatic carbocycles. The fourth-order valence-corrected chi connectivity index (χ4v) is 2.67. The van der Waals surface area contributed by atoms with Crippen molar-refractivity contribution in [3.05, 3.63) is 83.9 Å². The second-order valence-electron chi connectivity index (χ2n) is 4.80. The van der Waals surface area contributed by atoms with Crippen molar-refractivity contribution in [3.63, 3.8) is 0 Å². The summed E-state index contributed by atoms with van der Waals surface area (Å²) in [4.78, 5) is 1.02. The van der Waals surface area contributed by atoms with Crippen LogP contribution in [-0.4, -0.2) is 0 Å². The van der Waals surface area contributed by atoms with Gasteiger partial charge in [-0.05, 0) is 40.5 Å². The van der Waals surface area contributed by atoms with Gasteiger partial charge < -0.3 is 0 Å². The number of allylic oxidation sites excluding steroid dienone is 1. The van der Waals surface area contributed by atoms with Gasteiger partial charge >= 0.3 is 0 Å². The topological polar surface area (TPSA) is 0 Å². The second kappa shape index (κ2) is 5.98. The summed E-state index contributed by atoms with van der Waals surface area (Å²) in [6, 6.07) is 22.8. The zero-order valence-corrected chi connectivity index (χ0v) is 12.1. The van der Waals surface area contributed by atoms with Gasteiger partial charge in [0, 0.05) is 4.90 Å². The molecule has 0 saturated heterocycles. The lowest BCUT2D eigenvalue weighted by molar-refractivity contribution is 1.29. The predicted octanol–water partition coefficient (Wildman–Crippen LogP) is 5.38. The molecule has 0 heterocycles. The maximum atomic E-state index is 4.08. The zero-order valence-electron chi connectivity index (χ0n) is 11.2. The van der Waals surface area contributed by atoms with Crippen LogP contribution in [0.15, 0.2) is 77.7 Å². The summed E-state index contributed by atoms with van der Waals surface area (Å²) < 4.78 is 0. The lowest BCUT2D eigenvalue weighted by Crippen LogP contribution is -1.91. The van der Waals surface area contributed by atoms with Gasteiger partial charge in [-0.1, -0.05) is 66.7 Å². The van der Waals surface area contributed by atoms with E-state index in [0.717, 1.165) is 11.3 Å². The summed E-state index contributed by atoms with van der Waals surface area (Å²) in [6.45, 7) is 0. The average molecular weight is 276 g/mol. The van der Waals surface area contributed by atoms with Crippen LogP contribution in [0.3, 0.4) is 0 Å². The fraction of sp³-hybridized carbons (Fsp3) is 0.0526. The Labute approximate surface area is 125 Å². The van der Waals surface area contributed by atoms with Crippen molar-refractivity contribution in [1.82, 2.24) is 0 Å². The van der Waals surface area contributed by atoms with Crippen LogP contribution in [0.4, 0.5) is 0 Å². The molecule has 0 aromatic heterocycles. The van der Waals surface area contributed by atoms with Crippen molar-refractivity contribution in [2.75, 3.05) is 0 Å². The molecule has 0 N–H and O–H groups in total. The van der Waals surface area contributed by atoms with Gasteiger partial charge in [0.05, 0.1) is 0 Å². The van der Waals surface area contributed by atoms with E-state index in [1.54, 1.807) is 0 Å². The number of benzene rings is 3. The maximum Gasteiger partial charge on any atom is 0.00399 e. The SMILES string of the molecule is C1=Cc2cccc3cccc(c23)C1.Sc1ccccc1. The molecule has 0 fully saturated rings. The molecule has 98 valence electrons. The van der Waals surface area contributed by atoms with Crippen LogP contribution in [0.25, 0.3) is 16.8 Å². The first kappa shape index (κ1) is 13.0. The smallest absolute Gasteiger partial charge is 0.00399 e. The Morgan fingerprint density at radius 3 is 2.20 bits per heavy atom. The lowest BCUT2D eigenvalue weighted by Gasteiger charge is -2.11. The third-order valence-corrected chi connectivity index (χ3v) is 3.71. The van der Waals surface area contributed by atoms with E-state index in [9.17, 15) is 0 Å². The van der Waals surface area contributed by atoms with E-state index in [0.29, 0.717) is 0 Å². The molecule has 3 aromatic rings. The van der Waals surface area contributed by atoms with Gasteiger partial charge in [-0.25, -0.2) is 0 Å². The Bertz CT molecular complexity index is 737. The molecule has 1 heteroatoms. The highest BCUT2D eigenvalue weighted by molar-refractivity contribution is 7.80. The number of hydrogen-bond donors (Lipinski definition) is 1. The molecule has 0 aliphatic heterocycles. The first-order valence-corrected chi connectivity index (χ1v) is 7.20. The highest BCUT2D eigenvalue weighted by atomic mass is 32.1. The minimum atomic E-state index is 1.02. The number of thiol groups is 1. The molecule has 0 spiro atoms. The summed E-state index contributed by atoms with van der Waals surface area (Å²) in [5, 5.41) is 2.80. The van der Waals surface area contributed by atoms with E-state index in [2.05, 4.69) is 61.2 Å². The van der Waals surface area contributed by atoms with Crippen molar-refractivity contribution >= 4 is 29.5 Å². The Balaban J connectivity index is 0.000000147. The minimum Gasteiger partial charge on any atom is -0.143 e. The summed E-state index contributed by atoms with van der Waals surface area (Å²) in [7, 11) is 0. The van der Waals surface area contributed by atoms with E-state index in [1.165, 1.54) is 21.9 Å². The van der Waals surface area contributed by atoms with Crippen molar-refractivity contribution in [1.29, 1.82) is 0 Å². The molecular weight excluding hydrogens is 260 g/mol. The summed E-state index contributed by atoms with van der Waals surface area (Å²) >= 11 is 4.08. The Kier molecular flexibility index (Phi) is 3.89. The molecule has 20 heavy (non-hydrogen) atoms. The van der Waals surface area contributed by atoms with Crippen LogP contribution in [-0.2, 0) is 6.42 Å². The van der Waals surface area contributed by atoms with E-state index in [-0.39, 0.29) is 0 Å².